The zero-order valence-corrected chi connectivity index (χ0v) is 27.7. The van der Waals surface area contributed by atoms with Gasteiger partial charge in [0, 0.05) is 60.6 Å². The van der Waals surface area contributed by atoms with E-state index >= 15 is 0 Å². The lowest BCUT2D eigenvalue weighted by Crippen LogP contribution is -1.96. The van der Waals surface area contributed by atoms with Gasteiger partial charge in [-0.2, -0.15) is 0 Å². The zero-order valence-electron chi connectivity index (χ0n) is 26.9. The van der Waals surface area contributed by atoms with Crippen molar-refractivity contribution in [2.75, 3.05) is 0 Å². The number of hydrogen-bond donors (Lipinski definition) is 1. The Labute approximate surface area is 294 Å². The van der Waals surface area contributed by atoms with Gasteiger partial charge in [-0.3, -0.25) is 4.57 Å². The van der Waals surface area contributed by atoms with Gasteiger partial charge in [-0.25, -0.2) is 15.0 Å². The number of H-pyrrole nitrogens is 1. The average molecular weight is 676 g/mol. The molecule has 0 spiro atoms. The van der Waals surface area contributed by atoms with E-state index in [9.17, 15) is 0 Å². The van der Waals surface area contributed by atoms with Crippen LogP contribution in [0.15, 0.2) is 155 Å². The minimum absolute atomic E-state index is 0.615. The van der Waals surface area contributed by atoms with Crippen molar-refractivity contribution in [1.82, 2.24) is 24.5 Å². The Balaban J connectivity index is 1.35. The minimum Gasteiger partial charge on any atom is -0.454 e. The summed E-state index contributed by atoms with van der Waals surface area (Å²) in [6.45, 7) is 0. The van der Waals surface area contributed by atoms with Gasteiger partial charge in [-0.1, -0.05) is 91.0 Å². The van der Waals surface area contributed by atoms with Crippen LogP contribution in [0, 0.1) is 0 Å². The lowest BCUT2D eigenvalue weighted by Gasteiger charge is -2.11. The predicted molar refractivity (Wildman–Crippen MR) is 205 cm³/mol. The molecule has 1 N–H and O–H groups in total. The molecule has 51 heavy (non-hydrogen) atoms. The lowest BCUT2D eigenvalue weighted by atomic mass is 9.93. The third-order valence-corrected chi connectivity index (χ3v) is 10.9. The van der Waals surface area contributed by atoms with Crippen molar-refractivity contribution < 1.29 is 8.83 Å². The van der Waals surface area contributed by atoms with Gasteiger partial charge in [0.05, 0.1) is 16.1 Å². The third kappa shape index (κ3) is 4.20. The molecule has 0 saturated heterocycles. The van der Waals surface area contributed by atoms with Crippen molar-refractivity contribution in [3.8, 4) is 50.4 Å². The molecule has 0 saturated carbocycles. The SMILES string of the molecule is c1ccc2oc(-c3c(-c4c(-c5[nH]cc6ccccc56)sc5cccc(-c6ncncn6)c45)c4ccccc4n3-c3cc4ccccc4o3)cc2c1. The molecule has 0 amide bonds. The van der Waals surface area contributed by atoms with Gasteiger partial charge in [0.15, 0.2) is 11.6 Å². The predicted octanol–water partition coefficient (Wildman–Crippen LogP) is 11.7. The summed E-state index contributed by atoms with van der Waals surface area (Å²) >= 11 is 1.76. The van der Waals surface area contributed by atoms with Gasteiger partial charge in [0.2, 0.25) is 5.88 Å². The van der Waals surface area contributed by atoms with Crippen LogP contribution in [-0.4, -0.2) is 24.5 Å². The fraction of sp³-hybridized carbons (Fsp3) is 0. The maximum Gasteiger partial charge on any atom is 0.205 e. The van der Waals surface area contributed by atoms with Crippen LogP contribution >= 0.6 is 11.3 Å². The fourth-order valence-electron chi connectivity index (χ4n) is 7.53. The summed E-state index contributed by atoms with van der Waals surface area (Å²) < 4.78 is 16.8. The first-order chi connectivity index (χ1) is 25.3. The summed E-state index contributed by atoms with van der Waals surface area (Å²) in [5, 5.41) is 6.48. The van der Waals surface area contributed by atoms with Crippen molar-refractivity contribution >= 4 is 65.0 Å². The highest BCUT2D eigenvalue weighted by atomic mass is 32.1. The molecule has 5 aromatic carbocycles. The van der Waals surface area contributed by atoms with Gasteiger partial charge < -0.3 is 13.8 Å². The number of para-hydroxylation sites is 3. The van der Waals surface area contributed by atoms with Crippen LogP contribution in [0.4, 0.5) is 0 Å². The highest BCUT2D eigenvalue weighted by Crippen LogP contribution is 2.54. The molecule has 6 heterocycles. The Hall–Kier alpha value is -6.77. The number of furan rings is 2. The van der Waals surface area contributed by atoms with E-state index in [4.69, 9.17) is 8.83 Å². The number of benzene rings is 5. The number of thiophene rings is 1. The number of aromatic amines is 1. The maximum absolute atomic E-state index is 6.79. The first kappa shape index (κ1) is 28.1. The monoisotopic (exact) mass is 675 g/mol. The minimum atomic E-state index is 0.615. The van der Waals surface area contributed by atoms with Gasteiger partial charge in [0.25, 0.3) is 0 Å². The second-order valence-electron chi connectivity index (χ2n) is 12.5. The molecule has 8 heteroatoms. The molecule has 0 unspecified atom stereocenters. The van der Waals surface area contributed by atoms with Crippen LogP contribution in [-0.2, 0) is 0 Å². The van der Waals surface area contributed by atoms with Crippen molar-refractivity contribution in [3.63, 3.8) is 0 Å². The van der Waals surface area contributed by atoms with E-state index in [1.54, 1.807) is 24.0 Å². The van der Waals surface area contributed by atoms with Crippen LogP contribution < -0.4 is 0 Å². The Kier molecular flexibility index (Phi) is 5.99. The van der Waals surface area contributed by atoms with Crippen LogP contribution in [0.3, 0.4) is 0 Å². The largest absolute Gasteiger partial charge is 0.454 e. The Morgan fingerprint density at radius 2 is 1.33 bits per heavy atom. The van der Waals surface area contributed by atoms with Crippen molar-refractivity contribution in [2.24, 2.45) is 0 Å². The van der Waals surface area contributed by atoms with Gasteiger partial charge in [-0.15, -0.1) is 11.3 Å². The van der Waals surface area contributed by atoms with Crippen LogP contribution in [0.1, 0.15) is 0 Å². The zero-order chi connectivity index (χ0) is 33.5. The molecule has 6 aromatic heterocycles. The van der Waals surface area contributed by atoms with E-state index in [2.05, 4.69) is 122 Å². The molecule has 0 bridgehead atoms. The Morgan fingerprint density at radius 3 is 2.14 bits per heavy atom. The second kappa shape index (κ2) is 10.9. The number of nitrogens with zero attached hydrogens (tertiary/aromatic N) is 4. The van der Waals surface area contributed by atoms with E-state index in [0.717, 1.165) is 92.4 Å². The summed E-state index contributed by atoms with van der Waals surface area (Å²) in [7, 11) is 0. The molecule has 11 aromatic rings. The normalized spacial score (nSPS) is 11.9. The number of hydrogen-bond acceptors (Lipinski definition) is 6. The summed E-state index contributed by atoms with van der Waals surface area (Å²) in [6.07, 6.45) is 5.20. The van der Waals surface area contributed by atoms with Gasteiger partial charge >= 0.3 is 0 Å². The molecule has 0 atom stereocenters. The van der Waals surface area contributed by atoms with Gasteiger partial charge in [-0.05, 0) is 35.7 Å². The number of aromatic nitrogens is 5. The standard InChI is InChI=1S/C43H25N5O2S/c1-4-13-28-27(12-1)22-45-40(28)42-39(37-30(15-9-19-35(37)51-42)43-46-23-44-24-47-43)38-29-14-5-6-16-31(29)48(36-21-26-11-3-8-18-33(26)50-36)41(38)34-20-25-10-2-7-17-32(25)49-34/h1-24,45H. The molecule has 0 aliphatic rings. The molecular weight excluding hydrogens is 651 g/mol. The van der Waals surface area contributed by atoms with E-state index < -0.39 is 0 Å². The average Bonchev–Trinajstić information content (AvgIpc) is 4.01. The van der Waals surface area contributed by atoms with Crippen molar-refractivity contribution in [1.29, 1.82) is 0 Å². The van der Waals surface area contributed by atoms with Gasteiger partial charge in [0.1, 0.15) is 29.5 Å². The smallest absolute Gasteiger partial charge is 0.205 e. The summed E-state index contributed by atoms with van der Waals surface area (Å²) in [6, 6.07) is 43.9. The summed E-state index contributed by atoms with van der Waals surface area (Å²) in [5.41, 5.74) is 7.62. The number of rotatable bonds is 5. The van der Waals surface area contributed by atoms with E-state index in [0.29, 0.717) is 11.7 Å². The molecule has 0 radical (unpaired) electrons. The molecule has 11 rings (SSSR count). The molecule has 240 valence electrons. The molecule has 0 aliphatic carbocycles. The Morgan fingerprint density at radius 1 is 0.627 bits per heavy atom. The maximum atomic E-state index is 6.79. The molecular formula is C43H25N5O2S. The summed E-state index contributed by atoms with van der Waals surface area (Å²) in [4.78, 5) is 18.2. The fourth-order valence-corrected chi connectivity index (χ4v) is 8.78. The van der Waals surface area contributed by atoms with E-state index in [1.807, 2.05) is 36.4 Å². The highest BCUT2D eigenvalue weighted by Gasteiger charge is 2.31. The molecule has 0 aliphatic heterocycles. The quantitative estimate of drug-likeness (QED) is 0.196. The number of nitrogens with one attached hydrogen (secondary N) is 1. The molecule has 0 fully saturated rings. The summed E-state index contributed by atoms with van der Waals surface area (Å²) in [5.74, 6) is 2.06. The lowest BCUT2D eigenvalue weighted by molar-refractivity contribution is 0.580. The van der Waals surface area contributed by atoms with E-state index in [-0.39, 0.29) is 0 Å². The third-order valence-electron chi connectivity index (χ3n) is 9.70. The van der Waals surface area contributed by atoms with Crippen LogP contribution in [0.25, 0.3) is 104 Å². The second-order valence-corrected chi connectivity index (χ2v) is 13.6. The highest BCUT2D eigenvalue weighted by molar-refractivity contribution is 7.23. The Bertz CT molecular complexity index is 3040. The topological polar surface area (TPSA) is 85.7 Å². The van der Waals surface area contributed by atoms with Crippen molar-refractivity contribution in [3.05, 3.63) is 146 Å². The first-order valence-electron chi connectivity index (χ1n) is 16.7. The first-order valence-corrected chi connectivity index (χ1v) is 17.5. The van der Waals surface area contributed by atoms with Crippen molar-refractivity contribution in [2.45, 2.75) is 0 Å². The van der Waals surface area contributed by atoms with Crippen LogP contribution in [0.5, 0.6) is 0 Å². The molecule has 7 nitrogen and oxygen atoms in total. The number of fused-ring (bicyclic) bond motifs is 5. The van der Waals surface area contributed by atoms with E-state index in [1.165, 1.54) is 0 Å². The van der Waals surface area contributed by atoms with Crippen LogP contribution in [0.2, 0.25) is 0 Å².